The molecule has 0 saturated carbocycles. The molecule has 1 heterocycles. The molecule has 0 spiro atoms. The van der Waals surface area contributed by atoms with Crippen LogP contribution in [0.3, 0.4) is 0 Å². The van der Waals surface area contributed by atoms with Crippen LogP contribution in [-0.2, 0) is 0 Å². The van der Waals surface area contributed by atoms with Gasteiger partial charge in [-0.2, -0.15) is 0 Å². The van der Waals surface area contributed by atoms with Gasteiger partial charge in [0.2, 0.25) is 0 Å². The van der Waals surface area contributed by atoms with E-state index in [0.717, 1.165) is 23.1 Å². The van der Waals surface area contributed by atoms with Gasteiger partial charge < -0.3 is 10.0 Å². The van der Waals surface area contributed by atoms with Gasteiger partial charge >= 0.3 is 0 Å². The fraction of sp³-hybridized carbons (Fsp3) is 0.500. The second kappa shape index (κ2) is 4.24. The SMILES string of the molecule is CC(O)c1ccc(C2CN(C)C2)c(Br)c1. The van der Waals surface area contributed by atoms with Gasteiger partial charge in [0, 0.05) is 23.5 Å². The number of hydrogen-bond acceptors (Lipinski definition) is 2. The van der Waals surface area contributed by atoms with E-state index < -0.39 is 0 Å². The number of hydrogen-bond donors (Lipinski definition) is 1. The first-order valence-electron chi connectivity index (χ1n) is 5.24. The molecule has 1 aliphatic rings. The Kier molecular flexibility index (Phi) is 3.14. The average molecular weight is 270 g/mol. The standard InChI is InChI=1S/C12H16BrNO/c1-8(15)9-3-4-11(12(13)5-9)10-6-14(2)7-10/h3-5,8,10,15H,6-7H2,1-2H3. The van der Waals surface area contributed by atoms with E-state index >= 15 is 0 Å². The minimum Gasteiger partial charge on any atom is -0.389 e. The van der Waals surface area contributed by atoms with Crippen LogP contribution in [0.5, 0.6) is 0 Å². The first-order chi connectivity index (χ1) is 7.08. The highest BCUT2D eigenvalue weighted by Gasteiger charge is 2.26. The molecule has 1 aromatic rings. The summed E-state index contributed by atoms with van der Waals surface area (Å²) >= 11 is 3.58. The van der Waals surface area contributed by atoms with Crippen LogP contribution in [0.1, 0.15) is 30.1 Å². The van der Waals surface area contributed by atoms with Crippen molar-refractivity contribution < 1.29 is 5.11 Å². The number of nitrogens with zero attached hydrogens (tertiary/aromatic N) is 1. The van der Waals surface area contributed by atoms with Crippen molar-refractivity contribution in [1.29, 1.82) is 0 Å². The molecule has 0 bridgehead atoms. The number of likely N-dealkylation sites (tertiary alicyclic amines) is 1. The Morgan fingerprint density at radius 1 is 1.47 bits per heavy atom. The molecule has 0 aromatic heterocycles. The number of likely N-dealkylation sites (N-methyl/N-ethyl adjacent to an activating group) is 1. The molecule has 1 saturated heterocycles. The topological polar surface area (TPSA) is 23.5 Å². The minimum absolute atomic E-state index is 0.389. The van der Waals surface area contributed by atoms with E-state index in [2.05, 4.69) is 33.9 Å². The summed E-state index contributed by atoms with van der Waals surface area (Å²) < 4.78 is 1.12. The third kappa shape index (κ3) is 2.25. The zero-order valence-corrected chi connectivity index (χ0v) is 10.7. The van der Waals surface area contributed by atoms with Crippen molar-refractivity contribution in [2.75, 3.05) is 20.1 Å². The lowest BCUT2D eigenvalue weighted by Crippen LogP contribution is -2.41. The first-order valence-corrected chi connectivity index (χ1v) is 6.03. The number of aliphatic hydroxyl groups is 1. The van der Waals surface area contributed by atoms with Crippen molar-refractivity contribution >= 4 is 15.9 Å². The smallest absolute Gasteiger partial charge is 0.0762 e. The summed E-state index contributed by atoms with van der Waals surface area (Å²) in [7, 11) is 2.13. The molecule has 2 rings (SSSR count). The van der Waals surface area contributed by atoms with Gasteiger partial charge in [0.15, 0.2) is 0 Å². The van der Waals surface area contributed by atoms with Crippen molar-refractivity contribution in [3.05, 3.63) is 33.8 Å². The van der Waals surface area contributed by atoms with Crippen molar-refractivity contribution in [2.24, 2.45) is 0 Å². The Morgan fingerprint density at radius 3 is 2.60 bits per heavy atom. The van der Waals surface area contributed by atoms with Gasteiger partial charge in [0.1, 0.15) is 0 Å². The van der Waals surface area contributed by atoms with E-state index in [4.69, 9.17) is 0 Å². The van der Waals surface area contributed by atoms with Gasteiger partial charge in [-0.25, -0.2) is 0 Å². The highest BCUT2D eigenvalue weighted by Crippen LogP contribution is 2.32. The molecular weight excluding hydrogens is 254 g/mol. The van der Waals surface area contributed by atoms with Crippen LogP contribution in [-0.4, -0.2) is 30.1 Å². The summed E-state index contributed by atoms with van der Waals surface area (Å²) in [6.45, 7) is 4.05. The van der Waals surface area contributed by atoms with Crippen LogP contribution in [0.4, 0.5) is 0 Å². The van der Waals surface area contributed by atoms with E-state index in [1.165, 1.54) is 5.56 Å². The van der Waals surface area contributed by atoms with Crippen LogP contribution >= 0.6 is 15.9 Å². The first kappa shape index (κ1) is 11.1. The van der Waals surface area contributed by atoms with Crippen LogP contribution in [0, 0.1) is 0 Å². The summed E-state index contributed by atoms with van der Waals surface area (Å²) in [6, 6.07) is 6.17. The molecule has 1 aliphatic heterocycles. The summed E-state index contributed by atoms with van der Waals surface area (Å²) in [6.07, 6.45) is -0.389. The molecule has 2 nitrogen and oxygen atoms in total. The van der Waals surface area contributed by atoms with Crippen LogP contribution in [0.2, 0.25) is 0 Å². The maximum atomic E-state index is 9.46. The van der Waals surface area contributed by atoms with Crippen LogP contribution in [0.25, 0.3) is 0 Å². The predicted octanol–water partition coefficient (Wildman–Crippen LogP) is 2.53. The normalized spacial score (nSPS) is 20.0. The number of aliphatic hydroxyl groups excluding tert-OH is 1. The second-order valence-electron chi connectivity index (χ2n) is 4.38. The molecule has 1 fully saturated rings. The summed E-state index contributed by atoms with van der Waals surface area (Å²) in [4.78, 5) is 2.31. The second-order valence-corrected chi connectivity index (χ2v) is 5.23. The summed E-state index contributed by atoms with van der Waals surface area (Å²) in [5, 5.41) is 9.46. The number of halogens is 1. The van der Waals surface area contributed by atoms with E-state index in [-0.39, 0.29) is 6.10 Å². The highest BCUT2D eigenvalue weighted by atomic mass is 79.9. The van der Waals surface area contributed by atoms with Gasteiger partial charge in [0.05, 0.1) is 6.10 Å². The van der Waals surface area contributed by atoms with E-state index in [0.29, 0.717) is 5.92 Å². The van der Waals surface area contributed by atoms with E-state index in [1.807, 2.05) is 12.1 Å². The monoisotopic (exact) mass is 269 g/mol. The third-order valence-electron chi connectivity index (χ3n) is 3.01. The van der Waals surface area contributed by atoms with Gasteiger partial charge in [-0.1, -0.05) is 28.1 Å². The quantitative estimate of drug-likeness (QED) is 0.892. The lowest BCUT2D eigenvalue weighted by atomic mass is 9.91. The maximum Gasteiger partial charge on any atom is 0.0762 e. The zero-order valence-electron chi connectivity index (χ0n) is 9.07. The van der Waals surface area contributed by atoms with Crippen LogP contribution < -0.4 is 0 Å². The zero-order chi connectivity index (χ0) is 11.0. The van der Waals surface area contributed by atoms with E-state index in [9.17, 15) is 5.11 Å². The molecule has 0 amide bonds. The maximum absolute atomic E-state index is 9.46. The molecule has 1 atom stereocenters. The number of rotatable bonds is 2. The van der Waals surface area contributed by atoms with E-state index in [1.54, 1.807) is 6.92 Å². The Hall–Kier alpha value is -0.380. The average Bonchev–Trinajstić information content (AvgIpc) is 2.13. The van der Waals surface area contributed by atoms with Gasteiger partial charge in [-0.05, 0) is 31.2 Å². The molecule has 1 N–H and O–H groups in total. The molecule has 1 aromatic carbocycles. The third-order valence-corrected chi connectivity index (χ3v) is 3.70. The lowest BCUT2D eigenvalue weighted by molar-refractivity contribution is 0.188. The van der Waals surface area contributed by atoms with Crippen molar-refractivity contribution in [1.82, 2.24) is 4.90 Å². The molecule has 15 heavy (non-hydrogen) atoms. The van der Waals surface area contributed by atoms with Crippen LogP contribution in [0.15, 0.2) is 22.7 Å². The van der Waals surface area contributed by atoms with Gasteiger partial charge in [-0.15, -0.1) is 0 Å². The highest BCUT2D eigenvalue weighted by molar-refractivity contribution is 9.10. The summed E-state index contributed by atoms with van der Waals surface area (Å²) in [5.41, 5.74) is 2.33. The molecule has 3 heteroatoms. The van der Waals surface area contributed by atoms with Gasteiger partial charge in [0.25, 0.3) is 0 Å². The number of benzene rings is 1. The van der Waals surface area contributed by atoms with Crippen molar-refractivity contribution in [3.63, 3.8) is 0 Å². The predicted molar refractivity (Wildman–Crippen MR) is 65.0 cm³/mol. The largest absolute Gasteiger partial charge is 0.389 e. The molecule has 0 radical (unpaired) electrons. The molecular formula is C12H16BrNO. The Bertz CT molecular complexity index is 359. The Balaban J connectivity index is 2.20. The molecule has 1 unspecified atom stereocenters. The molecule has 82 valence electrons. The lowest BCUT2D eigenvalue weighted by Gasteiger charge is -2.37. The fourth-order valence-corrected chi connectivity index (χ4v) is 2.75. The fourth-order valence-electron chi connectivity index (χ4n) is 2.03. The Morgan fingerprint density at radius 2 is 2.13 bits per heavy atom. The Labute approximate surface area is 99.0 Å². The molecule has 0 aliphatic carbocycles. The van der Waals surface area contributed by atoms with Crippen molar-refractivity contribution in [3.8, 4) is 0 Å². The minimum atomic E-state index is -0.389. The summed E-state index contributed by atoms with van der Waals surface area (Å²) in [5.74, 6) is 0.646. The van der Waals surface area contributed by atoms with Gasteiger partial charge in [-0.3, -0.25) is 0 Å². The van der Waals surface area contributed by atoms with Crippen molar-refractivity contribution in [2.45, 2.75) is 18.9 Å².